The number of benzene rings is 1. The molecule has 1 heterocycles. The Hall–Kier alpha value is -0.940. The minimum atomic E-state index is -1.24. The highest BCUT2D eigenvalue weighted by Crippen LogP contribution is 2.43. The maximum Gasteiger partial charge on any atom is 0.324 e. The summed E-state index contributed by atoms with van der Waals surface area (Å²) in [6.07, 6.45) is 0. The molecule has 1 aromatic carbocycles. The highest BCUT2D eigenvalue weighted by molar-refractivity contribution is 9.10. The second kappa shape index (κ2) is 3.82. The van der Waals surface area contributed by atoms with E-state index in [1.165, 1.54) is 6.92 Å². The Morgan fingerprint density at radius 3 is 2.62 bits per heavy atom. The molecule has 0 fully saturated rings. The van der Waals surface area contributed by atoms with Crippen LogP contribution in [0.2, 0.25) is 5.02 Å². The summed E-state index contributed by atoms with van der Waals surface area (Å²) in [6, 6.07) is 3.13. The van der Waals surface area contributed by atoms with Crippen LogP contribution in [0.5, 0.6) is 11.5 Å². The molecule has 1 aliphatic heterocycles. The Morgan fingerprint density at radius 1 is 1.50 bits per heavy atom. The molecule has 1 aromatic rings. The lowest BCUT2D eigenvalue weighted by Crippen LogP contribution is -2.25. The number of aliphatic carboxylic acids is 1. The molecule has 4 nitrogen and oxygen atoms in total. The van der Waals surface area contributed by atoms with Crippen LogP contribution in [0, 0.1) is 0 Å². The zero-order valence-electron chi connectivity index (χ0n) is 8.29. The van der Waals surface area contributed by atoms with Crippen LogP contribution in [-0.4, -0.2) is 17.9 Å². The number of hydrogen-bond donors (Lipinski definition) is 1. The zero-order chi connectivity index (χ0) is 11.9. The average Bonchev–Trinajstić information content (AvgIpc) is 2.62. The molecule has 1 unspecified atom stereocenters. The Morgan fingerprint density at radius 2 is 2.06 bits per heavy atom. The average molecular weight is 308 g/mol. The molecule has 2 rings (SSSR count). The fourth-order valence-corrected chi connectivity index (χ4v) is 2.18. The second-order valence-corrected chi connectivity index (χ2v) is 5.49. The first-order chi connectivity index (χ1) is 7.43. The van der Waals surface area contributed by atoms with Gasteiger partial charge in [-0.05, 0) is 13.0 Å². The zero-order valence-corrected chi connectivity index (χ0v) is 10.6. The van der Waals surface area contributed by atoms with Gasteiger partial charge in [0, 0.05) is 16.7 Å². The van der Waals surface area contributed by atoms with Crippen LogP contribution in [0.4, 0.5) is 0 Å². The second-order valence-electron chi connectivity index (χ2n) is 3.49. The Bertz CT molecular complexity index is 458. The van der Waals surface area contributed by atoms with Gasteiger partial charge in [-0.15, -0.1) is 0 Å². The molecule has 0 radical (unpaired) electrons. The number of carboxylic acids is 1. The van der Waals surface area contributed by atoms with Crippen molar-refractivity contribution >= 4 is 33.5 Å². The highest BCUT2D eigenvalue weighted by Gasteiger charge is 2.35. The van der Waals surface area contributed by atoms with Crippen LogP contribution >= 0.6 is 27.5 Å². The monoisotopic (exact) mass is 306 g/mol. The number of alkyl halides is 1. The van der Waals surface area contributed by atoms with Gasteiger partial charge in [0.25, 0.3) is 0 Å². The van der Waals surface area contributed by atoms with Gasteiger partial charge in [0.1, 0.15) is 4.32 Å². The quantitative estimate of drug-likeness (QED) is 0.854. The maximum absolute atomic E-state index is 11.1. The molecular formula is C10H8BrClO4. The van der Waals surface area contributed by atoms with Crippen LogP contribution < -0.4 is 9.47 Å². The predicted octanol–water partition coefficient (Wildman–Crippen LogP) is 2.76. The topological polar surface area (TPSA) is 55.8 Å². The van der Waals surface area contributed by atoms with Crippen molar-refractivity contribution in [3.63, 3.8) is 0 Å². The molecular weight excluding hydrogens is 299 g/mol. The van der Waals surface area contributed by atoms with E-state index in [0.717, 1.165) is 0 Å². The van der Waals surface area contributed by atoms with E-state index in [4.69, 9.17) is 26.2 Å². The van der Waals surface area contributed by atoms with Crippen LogP contribution in [0.15, 0.2) is 12.1 Å². The van der Waals surface area contributed by atoms with Gasteiger partial charge in [-0.25, -0.2) is 0 Å². The summed E-state index contributed by atoms with van der Waals surface area (Å²) in [5.74, 6) is 0.0158. The van der Waals surface area contributed by atoms with Gasteiger partial charge < -0.3 is 14.6 Å². The van der Waals surface area contributed by atoms with Gasteiger partial charge in [0.15, 0.2) is 11.5 Å². The number of carbonyl (C=O) groups is 1. The summed E-state index contributed by atoms with van der Waals surface area (Å²) in [5, 5.41) is 9.42. The lowest BCUT2D eigenvalue weighted by atomic mass is 10.0. The van der Waals surface area contributed by atoms with Crippen molar-refractivity contribution < 1.29 is 19.4 Å². The smallest absolute Gasteiger partial charge is 0.324 e. The molecule has 86 valence electrons. The third kappa shape index (κ3) is 1.74. The van der Waals surface area contributed by atoms with Gasteiger partial charge in [0.2, 0.25) is 6.79 Å². The molecule has 0 spiro atoms. The van der Waals surface area contributed by atoms with Crippen molar-refractivity contribution in [3.8, 4) is 11.5 Å². The van der Waals surface area contributed by atoms with Crippen molar-refractivity contribution in [2.45, 2.75) is 11.2 Å². The molecule has 16 heavy (non-hydrogen) atoms. The largest absolute Gasteiger partial charge is 0.480 e. The van der Waals surface area contributed by atoms with Crippen molar-refractivity contribution in [2.24, 2.45) is 0 Å². The number of carboxylic acid groups (broad SMARTS) is 1. The predicted molar refractivity (Wildman–Crippen MR) is 61.5 cm³/mol. The summed E-state index contributed by atoms with van der Waals surface area (Å²) in [4.78, 5) is 11.1. The van der Waals surface area contributed by atoms with E-state index in [0.29, 0.717) is 22.1 Å². The van der Waals surface area contributed by atoms with E-state index in [1.807, 2.05) is 0 Å². The van der Waals surface area contributed by atoms with Crippen LogP contribution in [-0.2, 0) is 9.12 Å². The van der Waals surface area contributed by atoms with Crippen molar-refractivity contribution in [1.82, 2.24) is 0 Å². The van der Waals surface area contributed by atoms with Gasteiger partial charge in [-0.3, -0.25) is 4.79 Å². The summed E-state index contributed by atoms with van der Waals surface area (Å²) in [5.41, 5.74) is 0.436. The normalized spacial score (nSPS) is 16.9. The van der Waals surface area contributed by atoms with Gasteiger partial charge in [-0.1, -0.05) is 27.5 Å². The minimum Gasteiger partial charge on any atom is -0.480 e. The third-order valence-electron chi connectivity index (χ3n) is 2.37. The summed E-state index contributed by atoms with van der Waals surface area (Å²) in [7, 11) is 0. The molecule has 1 N–H and O–H groups in total. The van der Waals surface area contributed by atoms with Gasteiger partial charge in [0.05, 0.1) is 0 Å². The molecule has 6 heteroatoms. The van der Waals surface area contributed by atoms with Crippen molar-refractivity contribution in [1.29, 1.82) is 0 Å². The Labute approximate surface area is 105 Å². The minimum absolute atomic E-state index is 0.126. The van der Waals surface area contributed by atoms with E-state index in [2.05, 4.69) is 15.9 Å². The fraction of sp³-hybridized carbons (Fsp3) is 0.300. The number of hydrogen-bond acceptors (Lipinski definition) is 3. The molecule has 0 amide bonds. The third-order valence-corrected chi connectivity index (χ3v) is 3.45. The lowest BCUT2D eigenvalue weighted by Gasteiger charge is -2.19. The molecule has 0 aromatic heterocycles. The Balaban J connectivity index is 2.54. The van der Waals surface area contributed by atoms with Gasteiger partial charge in [-0.2, -0.15) is 0 Å². The molecule has 0 saturated heterocycles. The SMILES string of the molecule is CC(Br)(C(=O)O)c1cc2c(cc1Cl)OCO2. The van der Waals surface area contributed by atoms with E-state index in [9.17, 15) is 4.79 Å². The first kappa shape index (κ1) is 11.5. The van der Waals surface area contributed by atoms with Crippen molar-refractivity contribution in [3.05, 3.63) is 22.7 Å². The summed E-state index contributed by atoms with van der Waals surface area (Å²) < 4.78 is 9.07. The Kier molecular flexibility index (Phi) is 2.75. The molecule has 0 aliphatic carbocycles. The van der Waals surface area contributed by atoms with E-state index in [1.54, 1.807) is 12.1 Å². The standard InChI is InChI=1S/C10H8BrClO4/c1-10(11,9(13)14)5-2-7-8(3-6(5)12)16-4-15-7/h2-3H,4H2,1H3,(H,13,14). The highest BCUT2D eigenvalue weighted by atomic mass is 79.9. The molecule has 0 bridgehead atoms. The van der Waals surface area contributed by atoms with Crippen LogP contribution in [0.3, 0.4) is 0 Å². The van der Waals surface area contributed by atoms with E-state index >= 15 is 0 Å². The first-order valence-corrected chi connectivity index (χ1v) is 5.62. The number of fused-ring (bicyclic) bond motifs is 1. The summed E-state index contributed by atoms with van der Waals surface area (Å²) in [6.45, 7) is 1.64. The van der Waals surface area contributed by atoms with Crippen molar-refractivity contribution in [2.75, 3.05) is 6.79 Å². The first-order valence-electron chi connectivity index (χ1n) is 4.45. The number of halogens is 2. The van der Waals surface area contributed by atoms with Crippen LogP contribution in [0.1, 0.15) is 12.5 Å². The maximum atomic E-state index is 11.1. The molecule has 1 aliphatic rings. The fourth-order valence-electron chi connectivity index (χ4n) is 1.39. The van der Waals surface area contributed by atoms with E-state index < -0.39 is 10.3 Å². The number of ether oxygens (including phenoxy) is 2. The molecule has 0 saturated carbocycles. The number of rotatable bonds is 2. The molecule has 1 atom stereocenters. The van der Waals surface area contributed by atoms with Gasteiger partial charge >= 0.3 is 5.97 Å². The lowest BCUT2D eigenvalue weighted by molar-refractivity contribution is -0.139. The van der Waals surface area contributed by atoms with Crippen LogP contribution in [0.25, 0.3) is 0 Å². The van der Waals surface area contributed by atoms with E-state index in [-0.39, 0.29) is 6.79 Å². The summed E-state index contributed by atoms with van der Waals surface area (Å²) >= 11 is 9.14.